The summed E-state index contributed by atoms with van der Waals surface area (Å²) in [6, 6.07) is 0. The minimum atomic E-state index is -1.34. The van der Waals surface area contributed by atoms with E-state index in [0.29, 0.717) is 0 Å². The summed E-state index contributed by atoms with van der Waals surface area (Å²) < 4.78 is 0. The monoisotopic (exact) mass is 182 g/mol. The van der Waals surface area contributed by atoms with Crippen molar-refractivity contribution in [3.05, 3.63) is 12.2 Å². The quantitative estimate of drug-likeness (QED) is 0.394. The Morgan fingerprint density at radius 1 is 1.50 bits per heavy atom. The van der Waals surface area contributed by atoms with Gasteiger partial charge in [0.05, 0.1) is 0 Å². The molecule has 68 valence electrons. The van der Waals surface area contributed by atoms with Crippen LogP contribution in [0.1, 0.15) is 13.3 Å². The Morgan fingerprint density at radius 2 is 2.00 bits per heavy atom. The summed E-state index contributed by atoms with van der Waals surface area (Å²) in [5, 5.41) is 9.43. The third-order valence-electron chi connectivity index (χ3n) is 1.42. The molecule has 0 aromatic heterocycles. The second-order valence-corrected chi connectivity index (χ2v) is 8.68. The Labute approximate surface area is 76.5 Å². The van der Waals surface area contributed by atoms with Gasteiger partial charge in [-0.3, -0.25) is 0 Å². The first-order valence-electron chi connectivity index (χ1n) is 4.25. The fourth-order valence-corrected chi connectivity index (χ4v) is 1.15. The van der Waals surface area contributed by atoms with E-state index >= 15 is 0 Å². The van der Waals surface area contributed by atoms with E-state index in [1.54, 1.807) is 0 Å². The molecule has 1 unspecified atom stereocenters. The number of aliphatic hydroxyl groups excluding tert-OH is 1. The van der Waals surface area contributed by atoms with Gasteiger partial charge in [-0.2, -0.15) is 0 Å². The lowest BCUT2D eigenvalue weighted by atomic mass is 10.1. The molecule has 0 bridgehead atoms. The van der Waals surface area contributed by atoms with E-state index in [0.717, 1.165) is 12.0 Å². The lowest BCUT2D eigenvalue weighted by Gasteiger charge is -2.07. The van der Waals surface area contributed by atoms with E-state index in [1.807, 2.05) is 6.92 Å². The van der Waals surface area contributed by atoms with Gasteiger partial charge in [0, 0.05) is 0 Å². The molecule has 0 saturated heterocycles. The zero-order valence-corrected chi connectivity index (χ0v) is 9.44. The van der Waals surface area contributed by atoms with Crippen LogP contribution in [0.5, 0.6) is 0 Å². The van der Waals surface area contributed by atoms with E-state index < -0.39 is 14.2 Å². The molecular formula is C10H18OSi. The van der Waals surface area contributed by atoms with Crippen molar-refractivity contribution < 1.29 is 5.11 Å². The first kappa shape index (κ1) is 11.5. The van der Waals surface area contributed by atoms with Gasteiger partial charge in [-0.1, -0.05) is 39.1 Å². The molecule has 0 radical (unpaired) electrons. The number of aliphatic hydroxyl groups is 1. The first-order chi connectivity index (χ1) is 5.37. The molecule has 12 heavy (non-hydrogen) atoms. The molecule has 0 aromatic rings. The second kappa shape index (κ2) is 4.49. The SMILES string of the molecule is C=C(CC)C(O)C#C[Si](C)(C)C. The standard InChI is InChI=1S/C10H18OSi/c1-6-9(2)10(11)7-8-12(3,4)5/h10-11H,2,6H2,1,3-5H3. The molecule has 0 heterocycles. The van der Waals surface area contributed by atoms with E-state index in [1.165, 1.54) is 0 Å². The van der Waals surface area contributed by atoms with Crippen LogP contribution >= 0.6 is 0 Å². The average molecular weight is 182 g/mol. The Morgan fingerprint density at radius 3 is 2.33 bits per heavy atom. The van der Waals surface area contributed by atoms with E-state index in [4.69, 9.17) is 0 Å². The molecular weight excluding hydrogens is 164 g/mol. The number of hydrogen-bond donors (Lipinski definition) is 1. The second-order valence-electron chi connectivity index (χ2n) is 3.93. The summed E-state index contributed by atoms with van der Waals surface area (Å²) in [4.78, 5) is 0. The van der Waals surface area contributed by atoms with Crippen LogP contribution in [0.2, 0.25) is 19.6 Å². The molecule has 1 N–H and O–H groups in total. The molecule has 0 saturated carbocycles. The maximum atomic E-state index is 9.43. The van der Waals surface area contributed by atoms with Gasteiger partial charge in [0.15, 0.2) is 0 Å². The van der Waals surface area contributed by atoms with Crippen molar-refractivity contribution in [1.29, 1.82) is 0 Å². The minimum absolute atomic E-state index is 0.623. The lowest BCUT2D eigenvalue weighted by molar-refractivity contribution is 0.265. The predicted octanol–water partition coefficient (Wildman–Crippen LogP) is 2.19. The van der Waals surface area contributed by atoms with E-state index in [2.05, 4.69) is 37.7 Å². The maximum absolute atomic E-state index is 9.43. The Balaban J connectivity index is 4.23. The van der Waals surface area contributed by atoms with Crippen LogP contribution in [0.3, 0.4) is 0 Å². The fourth-order valence-electron chi connectivity index (χ4n) is 0.580. The average Bonchev–Trinajstić information content (AvgIpc) is 1.97. The van der Waals surface area contributed by atoms with Gasteiger partial charge in [-0.25, -0.2) is 0 Å². The predicted molar refractivity (Wildman–Crippen MR) is 56.6 cm³/mol. The van der Waals surface area contributed by atoms with Gasteiger partial charge in [0.25, 0.3) is 0 Å². The molecule has 0 aliphatic carbocycles. The molecule has 0 aromatic carbocycles. The molecule has 1 nitrogen and oxygen atoms in total. The maximum Gasteiger partial charge on any atom is 0.135 e. The molecule has 0 rings (SSSR count). The topological polar surface area (TPSA) is 20.2 Å². The van der Waals surface area contributed by atoms with Crippen molar-refractivity contribution in [2.75, 3.05) is 0 Å². The molecule has 0 spiro atoms. The highest BCUT2D eigenvalue weighted by Crippen LogP contribution is 2.03. The Kier molecular flexibility index (Phi) is 4.29. The van der Waals surface area contributed by atoms with Gasteiger partial charge in [-0.15, -0.1) is 5.54 Å². The van der Waals surface area contributed by atoms with E-state index in [-0.39, 0.29) is 0 Å². The fraction of sp³-hybridized carbons (Fsp3) is 0.600. The van der Waals surface area contributed by atoms with Gasteiger partial charge < -0.3 is 5.11 Å². The lowest BCUT2D eigenvalue weighted by Crippen LogP contribution is -2.18. The summed E-state index contributed by atoms with van der Waals surface area (Å²) >= 11 is 0. The largest absolute Gasteiger partial charge is 0.376 e. The zero-order chi connectivity index (χ0) is 9.78. The van der Waals surface area contributed by atoms with Crippen molar-refractivity contribution in [2.45, 2.75) is 39.1 Å². The normalized spacial score (nSPS) is 13.1. The minimum Gasteiger partial charge on any atom is -0.376 e. The van der Waals surface area contributed by atoms with Crippen LogP contribution in [0.4, 0.5) is 0 Å². The zero-order valence-electron chi connectivity index (χ0n) is 8.44. The van der Waals surface area contributed by atoms with Crippen molar-refractivity contribution in [3.8, 4) is 11.5 Å². The highest BCUT2D eigenvalue weighted by atomic mass is 28.3. The van der Waals surface area contributed by atoms with Gasteiger partial charge in [-0.05, 0) is 12.0 Å². The number of rotatable bonds is 2. The van der Waals surface area contributed by atoms with Crippen LogP contribution in [0.15, 0.2) is 12.2 Å². The summed E-state index contributed by atoms with van der Waals surface area (Å²) in [6.45, 7) is 12.2. The molecule has 0 aliphatic heterocycles. The molecule has 1 atom stereocenters. The van der Waals surface area contributed by atoms with Crippen molar-refractivity contribution in [1.82, 2.24) is 0 Å². The molecule has 0 aliphatic rings. The smallest absolute Gasteiger partial charge is 0.135 e. The Hall–Kier alpha value is -0.523. The van der Waals surface area contributed by atoms with Crippen molar-refractivity contribution >= 4 is 8.07 Å². The third-order valence-corrected chi connectivity index (χ3v) is 2.32. The van der Waals surface area contributed by atoms with Crippen LogP contribution in [0.25, 0.3) is 0 Å². The van der Waals surface area contributed by atoms with Crippen molar-refractivity contribution in [2.24, 2.45) is 0 Å². The Bertz CT molecular complexity index is 214. The van der Waals surface area contributed by atoms with Crippen LogP contribution < -0.4 is 0 Å². The summed E-state index contributed by atoms with van der Waals surface area (Å²) in [5.74, 6) is 2.84. The van der Waals surface area contributed by atoms with E-state index in [9.17, 15) is 5.11 Å². The van der Waals surface area contributed by atoms with Gasteiger partial charge >= 0.3 is 0 Å². The van der Waals surface area contributed by atoms with Crippen LogP contribution in [-0.4, -0.2) is 19.3 Å². The van der Waals surface area contributed by atoms with Crippen LogP contribution in [-0.2, 0) is 0 Å². The summed E-state index contributed by atoms with van der Waals surface area (Å²) in [7, 11) is -1.34. The molecule has 0 amide bonds. The molecule has 0 fully saturated rings. The number of hydrogen-bond acceptors (Lipinski definition) is 1. The molecule has 2 heteroatoms. The summed E-state index contributed by atoms with van der Waals surface area (Å²) in [6.07, 6.45) is 0.170. The van der Waals surface area contributed by atoms with Crippen molar-refractivity contribution in [3.63, 3.8) is 0 Å². The van der Waals surface area contributed by atoms with Gasteiger partial charge in [0.1, 0.15) is 14.2 Å². The highest BCUT2D eigenvalue weighted by Gasteiger charge is 2.09. The van der Waals surface area contributed by atoms with Crippen LogP contribution in [0, 0.1) is 11.5 Å². The first-order valence-corrected chi connectivity index (χ1v) is 7.75. The summed E-state index contributed by atoms with van der Waals surface area (Å²) in [5.41, 5.74) is 3.92. The highest BCUT2D eigenvalue weighted by molar-refractivity contribution is 6.83. The van der Waals surface area contributed by atoms with Gasteiger partial charge in [0.2, 0.25) is 0 Å². The third kappa shape index (κ3) is 5.17.